The van der Waals surface area contributed by atoms with Gasteiger partial charge in [0.2, 0.25) is 11.4 Å². The molecule has 516 valence electrons. The van der Waals surface area contributed by atoms with Crippen molar-refractivity contribution in [3.63, 3.8) is 0 Å². The molecule has 1 aliphatic heterocycles. The predicted octanol–water partition coefficient (Wildman–Crippen LogP) is 30.2. The zero-order chi connectivity index (χ0) is 64.5. The molecule has 3 heteroatoms. The fourth-order valence-corrected chi connectivity index (χ4v) is 14.4. The van der Waals surface area contributed by atoms with Crippen LogP contribution in [0.2, 0.25) is 10.8 Å². The van der Waals surface area contributed by atoms with E-state index in [2.05, 4.69) is 128 Å². The molecule has 2 aromatic carbocycles. The van der Waals surface area contributed by atoms with Crippen LogP contribution in [0.5, 0.6) is 0 Å². The van der Waals surface area contributed by atoms with Gasteiger partial charge in [0.25, 0.3) is 0 Å². The van der Waals surface area contributed by atoms with Gasteiger partial charge in [-0.1, -0.05) is 238 Å². The van der Waals surface area contributed by atoms with Crippen molar-refractivity contribution in [2.24, 2.45) is 0 Å². The van der Waals surface area contributed by atoms with E-state index in [0.717, 1.165) is 93.2 Å². The normalized spacial score (nSPS) is 12.2. The minimum atomic E-state index is 0.843. The molecule has 90 heavy (non-hydrogen) atoms. The van der Waals surface area contributed by atoms with Crippen LogP contribution in [0.1, 0.15) is 430 Å². The van der Waals surface area contributed by atoms with Gasteiger partial charge in [0.05, 0.1) is 0 Å². The number of aryl methyl sites for hydroxylation is 2. The summed E-state index contributed by atoms with van der Waals surface area (Å²) in [6.07, 6.45) is 80.0. The van der Waals surface area contributed by atoms with E-state index in [-0.39, 0.29) is 0 Å². The molecule has 0 bridgehead atoms. The quantitative estimate of drug-likeness (QED) is 0.0273. The summed E-state index contributed by atoms with van der Waals surface area (Å²) in [5, 5.41) is 2.87. The van der Waals surface area contributed by atoms with Gasteiger partial charge in [-0.3, -0.25) is 0 Å². The second-order valence-corrected chi connectivity index (χ2v) is 28.9. The molecular weight excluding hydrogens is 1130 g/mol. The van der Waals surface area contributed by atoms with Crippen LogP contribution in [-0.4, -0.2) is 4.70 Å². The molecule has 1 aliphatic rings. The molecule has 0 spiro atoms. The van der Waals surface area contributed by atoms with Gasteiger partial charge in [0, 0.05) is 48.0 Å². The molecule has 0 saturated heterocycles. The minimum Gasteiger partial charge on any atom is -0.0654 e. The molecular formula is C87H148N2Ni. The predicted molar refractivity (Wildman–Crippen MR) is 400 cm³/mol. The molecule has 0 fully saturated rings. The fraction of sp³-hybridized carbons (Fsp3) is 0.770. The zero-order valence-corrected chi connectivity index (χ0v) is 62.0. The van der Waals surface area contributed by atoms with Gasteiger partial charge in [-0.15, -0.1) is 23.7 Å². The summed E-state index contributed by atoms with van der Waals surface area (Å²) in [5.41, 5.74) is 21.6. The maximum absolute atomic E-state index is 12.2. The molecule has 0 aliphatic carbocycles. The van der Waals surface area contributed by atoms with Gasteiger partial charge in [0.1, 0.15) is 0 Å². The van der Waals surface area contributed by atoms with Gasteiger partial charge in [0.15, 0.2) is 0 Å². The minimum absolute atomic E-state index is 0.843. The number of nitrogens with zero attached hydrogens (tertiary/aromatic N) is 2. The first-order valence-corrected chi connectivity index (χ1v) is 41.5. The number of rotatable bonds is 61. The second kappa shape index (κ2) is 64.8. The molecule has 0 aromatic heterocycles. The van der Waals surface area contributed by atoms with E-state index in [9.17, 15) is 5.53 Å². The van der Waals surface area contributed by atoms with E-state index >= 15 is 0 Å². The summed E-state index contributed by atoms with van der Waals surface area (Å²) in [6, 6.07) is 17.3. The SMILES string of the molecule is CCCCC#CCCc1ccccc1C1=C(CCCC)C(CCCCC)=C(c2ccccc2CCC#CCCCC)[N+]1=[N-].CCCCCCCCCCCCCCCCCCCCCC[CH2][Ni][CH2]CCCCCCCCCCCCCCCCCCCCCC. The first-order valence-electron chi connectivity index (χ1n) is 40.1. The van der Waals surface area contributed by atoms with Crippen LogP contribution in [0.3, 0.4) is 0 Å². The average molecular weight is 1280 g/mol. The summed E-state index contributed by atoms with van der Waals surface area (Å²) < 4.78 is 1.56. The Morgan fingerprint density at radius 1 is 0.267 bits per heavy atom. The summed E-state index contributed by atoms with van der Waals surface area (Å²) in [5.74, 6) is 13.5. The van der Waals surface area contributed by atoms with Crippen LogP contribution >= 0.6 is 0 Å². The number of hydrogen-bond acceptors (Lipinski definition) is 0. The van der Waals surface area contributed by atoms with E-state index in [1.165, 1.54) is 341 Å². The Morgan fingerprint density at radius 2 is 0.511 bits per heavy atom. The van der Waals surface area contributed by atoms with Crippen molar-refractivity contribution in [2.75, 3.05) is 0 Å². The topological polar surface area (TPSA) is 25.3 Å². The van der Waals surface area contributed by atoms with Crippen LogP contribution in [-0.2, 0) is 27.3 Å². The Balaban J connectivity index is 0.000000615. The fourth-order valence-electron chi connectivity index (χ4n) is 13.1. The molecule has 2 nitrogen and oxygen atoms in total. The van der Waals surface area contributed by atoms with Crippen molar-refractivity contribution in [3.05, 3.63) is 87.5 Å². The summed E-state index contributed by atoms with van der Waals surface area (Å²) in [7, 11) is 0. The Kier molecular flexibility index (Phi) is 59.9. The van der Waals surface area contributed by atoms with Crippen LogP contribution in [0.4, 0.5) is 0 Å². The molecule has 0 amide bonds. The van der Waals surface area contributed by atoms with Gasteiger partial charge in [-0.25, -0.2) is 4.70 Å². The van der Waals surface area contributed by atoms with Crippen molar-refractivity contribution >= 4 is 11.4 Å². The van der Waals surface area contributed by atoms with Crippen LogP contribution in [0, 0.1) is 23.7 Å². The molecule has 0 radical (unpaired) electrons. The first kappa shape index (κ1) is 83.2. The summed E-state index contributed by atoms with van der Waals surface area (Å²) in [4.78, 5) is 0. The Bertz CT molecular complexity index is 2090. The third-order valence-electron chi connectivity index (χ3n) is 19.0. The molecule has 1 heterocycles. The standard InChI is InChI=1S/C41H54N2.2C23H47.Ni/c1-5-9-13-15-17-20-26-34-28-22-24-31-36(34)40-38(30-12-8-4)39(33-19-11-7-3)41(43(40)42)37-32-25-23-29-35(37)27-21-18-16-14-10-6-2;2*1-3-5-7-9-11-13-15-17-19-21-23-22-20-18-16-14-12-10-8-6-4-2;/h22-25,28-29,31-32H,5-14,19-21,26-27,30,33H2,1-4H3;2*1,3-23H2,2H3;. The van der Waals surface area contributed by atoms with Crippen LogP contribution < -0.4 is 0 Å². The Hall–Kier alpha value is -2.87. The van der Waals surface area contributed by atoms with E-state index in [0.29, 0.717) is 0 Å². The number of benzene rings is 2. The average Bonchev–Trinajstić information content (AvgIpc) is 1.63. The number of allylic oxidation sites excluding steroid dienone is 2. The van der Waals surface area contributed by atoms with Gasteiger partial charge in [-0.2, -0.15) is 0 Å². The molecule has 0 saturated carbocycles. The van der Waals surface area contributed by atoms with Gasteiger partial charge < -0.3 is 5.53 Å². The van der Waals surface area contributed by atoms with Crippen molar-refractivity contribution in [1.82, 2.24) is 0 Å². The van der Waals surface area contributed by atoms with Crippen LogP contribution in [0.25, 0.3) is 16.9 Å². The van der Waals surface area contributed by atoms with Crippen molar-refractivity contribution in [3.8, 4) is 23.7 Å². The second-order valence-electron chi connectivity index (χ2n) is 27.4. The monoisotopic (exact) mass is 1280 g/mol. The third kappa shape index (κ3) is 44.7. The molecule has 3 rings (SSSR count). The Morgan fingerprint density at radius 3 is 0.811 bits per heavy atom. The Labute approximate surface area is 569 Å². The van der Waals surface area contributed by atoms with Crippen molar-refractivity contribution in [2.45, 2.75) is 431 Å². The van der Waals surface area contributed by atoms with E-state index < -0.39 is 0 Å². The van der Waals surface area contributed by atoms with Crippen molar-refractivity contribution in [1.29, 1.82) is 0 Å². The van der Waals surface area contributed by atoms with Gasteiger partial charge >= 0.3 is 166 Å². The zero-order valence-electron chi connectivity index (χ0n) is 61.0. The molecule has 2 aromatic rings. The van der Waals surface area contributed by atoms with E-state index in [1.807, 2.05) is 0 Å². The number of hydrogen-bond donors (Lipinski definition) is 0. The smallest absolute Gasteiger partial charge is 0.0654 e. The van der Waals surface area contributed by atoms with Gasteiger partial charge in [-0.05, 0) is 74.6 Å². The van der Waals surface area contributed by atoms with E-state index in [1.54, 1.807) is 4.70 Å². The summed E-state index contributed by atoms with van der Waals surface area (Å²) >= 11 is 2.05. The molecule has 0 N–H and O–H groups in total. The third-order valence-corrected chi connectivity index (χ3v) is 20.4. The van der Waals surface area contributed by atoms with Crippen LogP contribution in [0.15, 0.2) is 59.7 Å². The molecule has 0 unspecified atom stereocenters. The number of unbranched alkanes of at least 4 members (excludes halogenated alkanes) is 47. The van der Waals surface area contributed by atoms with E-state index in [4.69, 9.17) is 0 Å². The maximum atomic E-state index is 12.2. The summed E-state index contributed by atoms with van der Waals surface area (Å²) in [6.45, 7) is 13.6. The first-order chi connectivity index (χ1) is 44.6. The van der Waals surface area contributed by atoms with Crippen molar-refractivity contribution < 1.29 is 19.1 Å². The molecule has 0 atom stereocenters.